The van der Waals surface area contributed by atoms with E-state index in [4.69, 9.17) is 5.11 Å². The van der Waals surface area contributed by atoms with Crippen molar-refractivity contribution in [2.45, 2.75) is 26.3 Å². The predicted octanol–water partition coefficient (Wildman–Crippen LogP) is 4.56. The number of urea groups is 1. The fourth-order valence-electron chi connectivity index (χ4n) is 3.62. The topological polar surface area (TPSA) is 98.7 Å². The number of aromatic nitrogens is 2. The fraction of sp³-hybridized carbons (Fsp3) is 0.333. The Kier molecular flexibility index (Phi) is 7.31. The second-order valence-electron chi connectivity index (χ2n) is 8.12. The molecule has 1 saturated heterocycles. The van der Waals surface area contributed by atoms with Gasteiger partial charge in [-0.3, -0.25) is 14.6 Å². The Bertz CT molecular complexity index is 1080. The standard InChI is InChI=1S/C24H27N5O3S/c1-2-3-13-29(23(32)25-20-7-5-4-6-8-20)24-27-26-21(33-24)18-11-9-17(10-12-18)14-28-15-19(16-28)22(30)31/h4-12,19H,2-3,13-16H2,1H3,(H,25,32)(H,30,31). The molecule has 172 valence electrons. The number of hydrogen-bond donors (Lipinski definition) is 2. The molecule has 2 heterocycles. The summed E-state index contributed by atoms with van der Waals surface area (Å²) >= 11 is 1.39. The first kappa shape index (κ1) is 22.9. The first-order valence-corrected chi connectivity index (χ1v) is 11.9. The zero-order valence-electron chi connectivity index (χ0n) is 18.5. The number of carboxylic acids is 1. The summed E-state index contributed by atoms with van der Waals surface area (Å²) < 4.78 is 0. The molecule has 3 aromatic rings. The van der Waals surface area contributed by atoms with Crippen LogP contribution in [0.25, 0.3) is 10.6 Å². The molecule has 1 aliphatic heterocycles. The van der Waals surface area contributed by atoms with E-state index >= 15 is 0 Å². The van der Waals surface area contributed by atoms with Crippen LogP contribution in [0.2, 0.25) is 0 Å². The van der Waals surface area contributed by atoms with Gasteiger partial charge in [-0.25, -0.2) is 4.79 Å². The zero-order valence-corrected chi connectivity index (χ0v) is 19.3. The molecule has 0 saturated carbocycles. The van der Waals surface area contributed by atoms with Crippen molar-refractivity contribution in [3.05, 3.63) is 60.2 Å². The van der Waals surface area contributed by atoms with Crippen molar-refractivity contribution >= 4 is 34.2 Å². The summed E-state index contributed by atoms with van der Waals surface area (Å²) in [6.07, 6.45) is 1.83. The van der Waals surface area contributed by atoms with E-state index in [0.29, 0.717) is 24.8 Å². The van der Waals surface area contributed by atoms with Gasteiger partial charge in [0.15, 0.2) is 0 Å². The third-order valence-corrected chi connectivity index (χ3v) is 6.56. The highest BCUT2D eigenvalue weighted by Gasteiger charge is 2.32. The van der Waals surface area contributed by atoms with Crippen molar-refractivity contribution in [3.8, 4) is 10.6 Å². The summed E-state index contributed by atoms with van der Waals surface area (Å²) in [5.41, 5.74) is 2.80. The largest absolute Gasteiger partial charge is 0.481 e. The fourth-order valence-corrected chi connectivity index (χ4v) is 4.49. The Balaban J connectivity index is 1.42. The van der Waals surface area contributed by atoms with Crippen LogP contribution in [0.3, 0.4) is 0 Å². The maximum Gasteiger partial charge on any atom is 0.328 e. The van der Waals surface area contributed by atoms with E-state index in [2.05, 4.69) is 27.3 Å². The van der Waals surface area contributed by atoms with Crippen molar-refractivity contribution < 1.29 is 14.7 Å². The van der Waals surface area contributed by atoms with Gasteiger partial charge in [-0.05, 0) is 24.1 Å². The number of hydrogen-bond acceptors (Lipinski definition) is 6. The molecule has 1 aromatic heterocycles. The van der Waals surface area contributed by atoms with Crippen LogP contribution in [0.1, 0.15) is 25.3 Å². The molecular weight excluding hydrogens is 438 g/mol. The molecule has 4 rings (SSSR count). The second kappa shape index (κ2) is 10.5. The van der Waals surface area contributed by atoms with Crippen molar-refractivity contribution in [2.24, 2.45) is 5.92 Å². The first-order chi connectivity index (χ1) is 16.0. The van der Waals surface area contributed by atoms with Crippen molar-refractivity contribution in [3.63, 3.8) is 0 Å². The first-order valence-electron chi connectivity index (χ1n) is 11.0. The lowest BCUT2D eigenvalue weighted by atomic mass is 9.99. The number of carboxylic acid groups (broad SMARTS) is 1. The lowest BCUT2D eigenvalue weighted by Gasteiger charge is -2.36. The van der Waals surface area contributed by atoms with E-state index in [-0.39, 0.29) is 11.9 Å². The van der Waals surface area contributed by atoms with E-state index in [0.717, 1.165) is 41.2 Å². The molecule has 9 heteroatoms. The Morgan fingerprint density at radius 2 is 1.85 bits per heavy atom. The van der Waals surface area contributed by atoms with Crippen LogP contribution in [0.4, 0.5) is 15.6 Å². The number of anilines is 2. The van der Waals surface area contributed by atoms with Gasteiger partial charge in [0, 0.05) is 37.4 Å². The summed E-state index contributed by atoms with van der Waals surface area (Å²) in [6, 6.07) is 17.2. The number of unbranched alkanes of at least 4 members (excludes halogenated alkanes) is 1. The molecule has 1 fully saturated rings. The van der Waals surface area contributed by atoms with Crippen molar-refractivity contribution in [1.82, 2.24) is 15.1 Å². The number of rotatable bonds is 9. The van der Waals surface area contributed by atoms with Crippen LogP contribution >= 0.6 is 11.3 Å². The minimum atomic E-state index is -0.723. The Hall–Kier alpha value is -3.30. The lowest BCUT2D eigenvalue weighted by molar-refractivity contribution is -0.147. The SMILES string of the molecule is CCCCN(C(=O)Nc1ccccc1)c1nnc(-c2ccc(CN3CC(C(=O)O)C3)cc2)s1. The maximum absolute atomic E-state index is 12.9. The summed E-state index contributed by atoms with van der Waals surface area (Å²) in [4.78, 5) is 27.6. The van der Waals surface area contributed by atoms with Gasteiger partial charge in [-0.2, -0.15) is 0 Å². The third kappa shape index (κ3) is 5.74. The minimum Gasteiger partial charge on any atom is -0.481 e. The monoisotopic (exact) mass is 465 g/mol. The molecule has 0 unspecified atom stereocenters. The summed E-state index contributed by atoms with van der Waals surface area (Å²) in [7, 11) is 0. The molecule has 2 N–H and O–H groups in total. The number of likely N-dealkylation sites (tertiary alicyclic amines) is 1. The Labute approximate surface area is 196 Å². The van der Waals surface area contributed by atoms with Gasteiger partial charge in [-0.15, -0.1) is 10.2 Å². The summed E-state index contributed by atoms with van der Waals surface area (Å²) in [5, 5.41) is 21.9. The summed E-state index contributed by atoms with van der Waals surface area (Å²) in [6.45, 7) is 4.57. The maximum atomic E-state index is 12.9. The Morgan fingerprint density at radius 1 is 1.12 bits per heavy atom. The number of aliphatic carboxylic acids is 1. The van der Waals surface area contributed by atoms with E-state index < -0.39 is 5.97 Å². The van der Waals surface area contributed by atoms with Crippen LogP contribution in [-0.4, -0.2) is 51.8 Å². The Morgan fingerprint density at radius 3 is 2.52 bits per heavy atom. The highest BCUT2D eigenvalue weighted by atomic mass is 32.1. The molecule has 1 aliphatic rings. The number of carbonyl (C=O) groups is 2. The van der Waals surface area contributed by atoms with Crippen molar-refractivity contribution in [1.29, 1.82) is 0 Å². The average Bonchev–Trinajstić information content (AvgIpc) is 3.27. The second-order valence-corrected chi connectivity index (χ2v) is 9.07. The number of nitrogens with zero attached hydrogens (tertiary/aromatic N) is 4. The highest BCUT2D eigenvalue weighted by molar-refractivity contribution is 7.18. The molecule has 0 spiro atoms. The predicted molar refractivity (Wildman–Crippen MR) is 129 cm³/mol. The van der Waals surface area contributed by atoms with E-state index in [1.165, 1.54) is 11.3 Å². The molecule has 0 bridgehead atoms. The van der Waals surface area contributed by atoms with Crippen LogP contribution in [-0.2, 0) is 11.3 Å². The van der Waals surface area contributed by atoms with Gasteiger partial charge < -0.3 is 10.4 Å². The smallest absolute Gasteiger partial charge is 0.328 e. The number of amides is 2. The lowest BCUT2D eigenvalue weighted by Crippen LogP contribution is -2.49. The molecule has 0 atom stereocenters. The zero-order chi connectivity index (χ0) is 23.2. The molecular formula is C24H27N5O3S. The van der Waals surface area contributed by atoms with Gasteiger partial charge in [0.2, 0.25) is 5.13 Å². The van der Waals surface area contributed by atoms with Crippen LogP contribution < -0.4 is 10.2 Å². The van der Waals surface area contributed by atoms with Crippen LogP contribution in [0.15, 0.2) is 54.6 Å². The molecule has 2 aromatic carbocycles. The van der Waals surface area contributed by atoms with Gasteiger partial charge in [0.1, 0.15) is 5.01 Å². The van der Waals surface area contributed by atoms with E-state index in [1.807, 2.05) is 54.6 Å². The van der Waals surface area contributed by atoms with Crippen LogP contribution in [0, 0.1) is 5.92 Å². The normalized spacial score (nSPS) is 14.0. The third-order valence-electron chi connectivity index (χ3n) is 5.56. The number of nitrogens with one attached hydrogen (secondary N) is 1. The molecule has 8 nitrogen and oxygen atoms in total. The quantitative estimate of drug-likeness (QED) is 0.481. The highest BCUT2D eigenvalue weighted by Crippen LogP contribution is 2.30. The molecule has 0 radical (unpaired) electrons. The van der Waals surface area contributed by atoms with Gasteiger partial charge in [-0.1, -0.05) is 67.1 Å². The van der Waals surface area contributed by atoms with Crippen molar-refractivity contribution in [2.75, 3.05) is 29.9 Å². The van der Waals surface area contributed by atoms with E-state index in [9.17, 15) is 9.59 Å². The molecule has 0 aliphatic carbocycles. The molecule has 33 heavy (non-hydrogen) atoms. The molecule has 2 amide bonds. The average molecular weight is 466 g/mol. The van der Waals surface area contributed by atoms with E-state index in [1.54, 1.807) is 4.90 Å². The van der Waals surface area contributed by atoms with Gasteiger partial charge in [0.25, 0.3) is 0 Å². The van der Waals surface area contributed by atoms with Crippen LogP contribution in [0.5, 0.6) is 0 Å². The van der Waals surface area contributed by atoms with Gasteiger partial charge in [0.05, 0.1) is 5.92 Å². The van der Waals surface area contributed by atoms with Gasteiger partial charge >= 0.3 is 12.0 Å². The summed E-state index contributed by atoms with van der Waals surface area (Å²) in [5.74, 6) is -0.974. The number of para-hydroxylation sites is 1. The number of carbonyl (C=O) groups excluding carboxylic acids is 1. The minimum absolute atomic E-state index is 0.220. The number of benzene rings is 2.